The number of ether oxygens (including phenoxy) is 15. The molecule has 8 fully saturated rings. The van der Waals surface area contributed by atoms with Gasteiger partial charge in [-0.2, -0.15) is 0 Å². The smallest absolute Gasteiger partial charge is 0.407 e. The van der Waals surface area contributed by atoms with Gasteiger partial charge in [0.2, 0.25) is 0 Å². The number of aliphatic hydroxyl groups is 16. The lowest BCUT2D eigenvalue weighted by Crippen LogP contribution is -2.68. The van der Waals surface area contributed by atoms with Gasteiger partial charge in [0.25, 0.3) is 0 Å². The van der Waals surface area contributed by atoms with Gasteiger partial charge in [0, 0.05) is 18.6 Å². The van der Waals surface area contributed by atoms with Crippen molar-refractivity contribution in [1.82, 2.24) is 16.0 Å². The Hall–Kier alpha value is -5.85. The average Bonchev–Trinajstić information content (AvgIpc) is 1.76. The molecule has 0 spiro atoms. The SMILES string of the molecule is C.CC[C@@H]1O[C@H](O[C@H]2[C@@H](O)[C@H](O[C@@H]3[C@@H](O)[C@H](NC(=O)OCc4ccccc4)C[C@H](C)[C@H]3O[C@H]3O[C@H](CO)[C@@H](O)[C@H](O)[C@H]3NC(=O)OCc3ccccc3)O[C@@H]2CO)[C@H](NC(=O)OCc2ccccc2)[C@@H](O)[C@@H]1O.NC[C@@H]1O[C@H](O[C@H]2[C@@H](O)[C@H](O[C@@H]3[C@@H](O)[C@H](N)C[C@H](N)[C@H]3O[C@H]3O[C@H](CO)[C@@H](O)[C@H](O)[C@H]3N)O[C@@H]2CO)[C@H](N)[C@@H](O)[C@@H]1O. The van der Waals surface area contributed by atoms with Crippen molar-refractivity contribution in [2.75, 3.05) is 33.0 Å². The molecular formula is C73H114N8O34. The first-order valence-corrected chi connectivity index (χ1v) is 37.6. The summed E-state index contributed by atoms with van der Waals surface area (Å²) in [6.07, 6.45) is -46.8. The Morgan fingerprint density at radius 3 is 1.14 bits per heavy atom. The van der Waals surface area contributed by atoms with Crippen molar-refractivity contribution in [3.05, 3.63) is 108 Å². The van der Waals surface area contributed by atoms with Crippen molar-refractivity contribution in [2.24, 2.45) is 34.6 Å². The number of rotatable bonds is 27. The van der Waals surface area contributed by atoms with Crippen molar-refractivity contribution >= 4 is 18.3 Å². The van der Waals surface area contributed by atoms with Gasteiger partial charge in [0.1, 0.15) is 160 Å². The first-order chi connectivity index (χ1) is 54.5. The van der Waals surface area contributed by atoms with E-state index < -0.39 is 277 Å². The van der Waals surface area contributed by atoms with Crippen LogP contribution in [-0.2, 0) is 90.9 Å². The fourth-order valence-electron chi connectivity index (χ4n) is 14.8. The third-order valence-corrected chi connectivity index (χ3v) is 21.4. The second-order valence-electron chi connectivity index (χ2n) is 29.3. The zero-order valence-electron chi connectivity index (χ0n) is 62.3. The van der Waals surface area contributed by atoms with E-state index in [1.54, 1.807) is 105 Å². The van der Waals surface area contributed by atoms with Crippen LogP contribution in [0.1, 0.15) is 57.2 Å². The van der Waals surface area contributed by atoms with Crippen molar-refractivity contribution in [1.29, 1.82) is 0 Å². The molecule has 38 atom stereocenters. The second kappa shape index (κ2) is 42.9. The minimum atomic E-state index is -1.83. The molecule has 650 valence electrons. The Bertz CT molecular complexity index is 3410. The van der Waals surface area contributed by atoms with E-state index >= 15 is 0 Å². The number of nitrogens with one attached hydrogen (secondary N) is 3. The first-order valence-electron chi connectivity index (χ1n) is 37.6. The Balaban J connectivity index is 0.000000299. The highest BCUT2D eigenvalue weighted by Crippen LogP contribution is 2.40. The lowest BCUT2D eigenvalue weighted by atomic mass is 9.80. The zero-order chi connectivity index (χ0) is 82.5. The minimum Gasteiger partial charge on any atom is -0.445 e. The van der Waals surface area contributed by atoms with Gasteiger partial charge in [0.15, 0.2) is 37.7 Å². The number of hydrogen-bond donors (Lipinski definition) is 24. The molecule has 2 saturated carbocycles. The van der Waals surface area contributed by atoms with E-state index in [1.165, 1.54) is 0 Å². The van der Waals surface area contributed by atoms with E-state index in [0.717, 1.165) is 0 Å². The molecule has 8 aliphatic rings. The summed E-state index contributed by atoms with van der Waals surface area (Å²) in [5.74, 6) is -0.717. The molecule has 3 amide bonds. The zero-order valence-corrected chi connectivity index (χ0v) is 62.3. The van der Waals surface area contributed by atoms with E-state index in [9.17, 15) is 96.1 Å². The van der Waals surface area contributed by atoms with Crippen LogP contribution in [0.2, 0.25) is 0 Å². The minimum absolute atomic E-state index is 0. The quantitative estimate of drug-likeness (QED) is 0.0315. The van der Waals surface area contributed by atoms with E-state index in [1.807, 2.05) is 0 Å². The molecule has 0 bridgehead atoms. The number of benzene rings is 3. The highest BCUT2D eigenvalue weighted by Gasteiger charge is 2.59. The number of alkyl carbamates (subject to hydrolysis) is 3. The largest absolute Gasteiger partial charge is 0.445 e. The maximum atomic E-state index is 13.2. The summed E-state index contributed by atoms with van der Waals surface area (Å²) in [5.41, 5.74) is 31.9. The maximum absolute atomic E-state index is 13.2. The highest BCUT2D eigenvalue weighted by atomic mass is 16.8. The maximum Gasteiger partial charge on any atom is 0.407 e. The number of carbonyl (C=O) groups excluding carboxylic acids is 3. The van der Waals surface area contributed by atoms with Crippen LogP contribution in [-0.4, -0.2) is 359 Å². The van der Waals surface area contributed by atoms with Gasteiger partial charge in [-0.1, -0.05) is 112 Å². The molecule has 0 aromatic heterocycles. The van der Waals surface area contributed by atoms with Crippen molar-refractivity contribution in [3.8, 4) is 0 Å². The molecule has 3 aromatic rings. The normalized spacial score (nSPS) is 42.0. The Morgan fingerprint density at radius 1 is 0.374 bits per heavy atom. The van der Waals surface area contributed by atoms with Crippen LogP contribution in [0.5, 0.6) is 0 Å². The van der Waals surface area contributed by atoms with Crippen molar-refractivity contribution < 1.29 is 167 Å². The number of amides is 3. The van der Waals surface area contributed by atoms with E-state index in [4.69, 9.17) is 99.7 Å². The Morgan fingerprint density at radius 2 is 0.713 bits per heavy atom. The molecule has 0 radical (unpaired) electrons. The van der Waals surface area contributed by atoms with Crippen LogP contribution in [0, 0.1) is 5.92 Å². The third kappa shape index (κ3) is 22.4. The van der Waals surface area contributed by atoms with Crippen molar-refractivity contribution in [2.45, 2.75) is 287 Å². The molecule has 0 unspecified atom stereocenters. The van der Waals surface area contributed by atoms with Crippen LogP contribution in [0.25, 0.3) is 0 Å². The number of nitrogens with two attached hydrogens (primary N) is 5. The van der Waals surface area contributed by atoms with Crippen LogP contribution < -0.4 is 44.6 Å². The molecular weight excluding hydrogens is 1530 g/mol. The standard InChI is InChI=1S/C49H65N3O20.C23H45N5O14.CH4/c1-3-30-36(56)38(58)33(51-48(62)65-23-27-15-9-5-10-16-27)44(67-30)71-42-32(21-54)69-46(40(42)60)72-43-35(55)29(50-47(61)64-22-26-13-7-4-8-14-26)19-25(2)41(43)70-45-34(39(59)37(57)31(20-53)68-45)52-49(63)66-24-28-17-11-6-12-18-28;24-2-7-13(32)15(34)10(27)21(37-7)41-19-9(4-30)39-23(17(19)36)42-20-12(31)5(25)1-6(26)18(20)40-22-11(28)16(35)14(33)8(3-29)38-22;/h4-18,25,29-46,53-60H,3,19-24H2,1-2H3,(H,50,61)(H,51,62)(H,52,63);5-23,29-36H,1-4,24-28H2;1H4/t25-,29+,30-,31+,32+,33+,34+,35-,36+,37+,38+,39+,40+,41+,42+,43+,44+,45+,46-;5-,6+,7+,8-,9-,10-,11-,12+,13-,14-,15-,16-,17-,18-,19-,20-,21-,22-,23+;/m01./s1. The monoisotopic (exact) mass is 1650 g/mol. The summed E-state index contributed by atoms with van der Waals surface area (Å²) in [5, 5.41) is 179. The predicted octanol–water partition coefficient (Wildman–Crippen LogP) is -8.42. The first kappa shape index (κ1) is 93.0. The third-order valence-electron chi connectivity index (χ3n) is 21.4. The second-order valence-corrected chi connectivity index (χ2v) is 29.3. The molecule has 6 aliphatic heterocycles. The van der Waals surface area contributed by atoms with Gasteiger partial charge < -0.3 is 197 Å². The number of aliphatic hydroxyl groups excluding tert-OH is 16. The lowest BCUT2D eigenvalue weighted by molar-refractivity contribution is -0.318. The topological polar surface area (TPSA) is 680 Å². The van der Waals surface area contributed by atoms with Gasteiger partial charge in [-0.3, -0.25) is 0 Å². The summed E-state index contributed by atoms with van der Waals surface area (Å²) in [4.78, 5) is 39.5. The number of hydrogen-bond acceptors (Lipinski definition) is 39. The Kier molecular flexibility index (Phi) is 34.7. The molecule has 6 saturated heterocycles. The number of carbonyl (C=O) groups is 3. The van der Waals surface area contributed by atoms with E-state index in [-0.39, 0.29) is 53.1 Å². The van der Waals surface area contributed by atoms with Gasteiger partial charge in [-0.25, -0.2) is 14.4 Å². The molecule has 6 heterocycles. The van der Waals surface area contributed by atoms with Crippen LogP contribution in [0.4, 0.5) is 14.4 Å². The summed E-state index contributed by atoms with van der Waals surface area (Å²) in [6, 6.07) is 17.9. The van der Waals surface area contributed by atoms with Crippen LogP contribution >= 0.6 is 0 Å². The molecule has 2 aliphatic carbocycles. The van der Waals surface area contributed by atoms with Gasteiger partial charge >= 0.3 is 18.3 Å². The fraction of sp³-hybridized carbons (Fsp3) is 0.712. The molecule has 42 heteroatoms. The van der Waals surface area contributed by atoms with Crippen LogP contribution in [0.15, 0.2) is 91.0 Å². The fourth-order valence-corrected chi connectivity index (χ4v) is 14.8. The molecule has 29 N–H and O–H groups in total. The molecule has 11 rings (SSSR count). The average molecular weight is 1650 g/mol. The lowest BCUT2D eigenvalue weighted by Gasteiger charge is -2.48. The summed E-state index contributed by atoms with van der Waals surface area (Å²) in [7, 11) is 0. The van der Waals surface area contributed by atoms with Crippen LogP contribution in [0.3, 0.4) is 0 Å². The van der Waals surface area contributed by atoms with Gasteiger partial charge in [-0.05, 0) is 41.9 Å². The summed E-state index contributed by atoms with van der Waals surface area (Å²) in [6.45, 7) is -0.127. The predicted molar refractivity (Wildman–Crippen MR) is 389 cm³/mol. The van der Waals surface area contributed by atoms with Crippen molar-refractivity contribution in [3.63, 3.8) is 0 Å². The highest BCUT2D eigenvalue weighted by molar-refractivity contribution is 5.68. The Labute approximate surface area is 661 Å². The molecule has 3 aromatic carbocycles. The van der Waals surface area contributed by atoms with Gasteiger partial charge in [0.05, 0.1) is 62.9 Å². The van der Waals surface area contributed by atoms with E-state index in [2.05, 4.69) is 16.0 Å². The molecule has 115 heavy (non-hydrogen) atoms. The van der Waals surface area contributed by atoms with Gasteiger partial charge in [-0.15, -0.1) is 0 Å². The summed E-state index contributed by atoms with van der Waals surface area (Å²) >= 11 is 0. The molecule has 42 nitrogen and oxygen atoms in total. The summed E-state index contributed by atoms with van der Waals surface area (Å²) < 4.78 is 87.5. The van der Waals surface area contributed by atoms with E-state index in [0.29, 0.717) is 16.7 Å².